The van der Waals surface area contributed by atoms with E-state index in [1.54, 1.807) is 0 Å². The molecule has 0 rings (SSSR count). The van der Waals surface area contributed by atoms with Crippen molar-refractivity contribution in [2.45, 2.75) is 0 Å². The number of hydrogen-bond donors (Lipinski definition) is 0. The first-order valence-corrected chi connectivity index (χ1v) is 2.60. The SMILES string of the molecule is [F][Cr]([F])[F].[O]=[Cr]. The van der Waals surface area contributed by atoms with E-state index in [2.05, 4.69) is 0 Å². The first kappa shape index (κ1) is 9.82. The second kappa shape index (κ2) is 9.17. The molecule has 0 radical (unpaired) electrons. The monoisotopic (exact) mass is 177 g/mol. The van der Waals surface area contributed by atoms with Gasteiger partial charge in [-0.15, -0.1) is 0 Å². The van der Waals surface area contributed by atoms with Gasteiger partial charge in [-0.1, -0.05) is 0 Å². The van der Waals surface area contributed by atoms with Crippen LogP contribution in [0.3, 0.4) is 0 Å². The summed E-state index contributed by atoms with van der Waals surface area (Å²) in [6.07, 6.45) is 0. The van der Waals surface area contributed by atoms with Crippen LogP contribution >= 0.6 is 0 Å². The standard InChI is InChI=1S/2Cr.3FH.O/h;;3*1H;/q;+3;;;;/p-3. The topological polar surface area (TPSA) is 17.1 Å². The fraction of sp³-hybridized carbons (Fsp3) is 0. The van der Waals surface area contributed by atoms with Crippen LogP contribution in [0, 0.1) is 0 Å². The van der Waals surface area contributed by atoms with Crippen molar-refractivity contribution in [2.24, 2.45) is 0 Å². The summed E-state index contributed by atoms with van der Waals surface area (Å²) in [4.78, 5) is 0. The molecule has 0 aliphatic rings. The Labute approximate surface area is 46.6 Å². The zero-order chi connectivity index (χ0) is 5.58. The van der Waals surface area contributed by atoms with Gasteiger partial charge in [0, 0.05) is 0 Å². The second-order valence-corrected chi connectivity index (χ2v) is 0.721. The third-order valence-electron chi connectivity index (χ3n) is 0. The Balaban J connectivity index is 0. The zero-order valence-electron chi connectivity index (χ0n) is 2.36. The molecule has 6 heavy (non-hydrogen) atoms. The first-order chi connectivity index (χ1) is 2.73. The van der Waals surface area contributed by atoms with Gasteiger partial charge in [-0.2, -0.15) is 0 Å². The van der Waals surface area contributed by atoms with Crippen LogP contribution in [0.5, 0.6) is 0 Å². The molecule has 0 atom stereocenters. The van der Waals surface area contributed by atoms with Crippen LogP contribution in [0.4, 0.5) is 10.6 Å². The molecule has 0 aromatic carbocycles. The summed E-state index contributed by atoms with van der Waals surface area (Å²) in [5, 5.41) is 0. The van der Waals surface area contributed by atoms with Crippen molar-refractivity contribution in [2.75, 3.05) is 0 Å². The minimum absolute atomic E-state index is 1.38. The summed E-state index contributed by atoms with van der Waals surface area (Å²) in [5.74, 6) is 0. The molecule has 0 amide bonds. The van der Waals surface area contributed by atoms with Crippen molar-refractivity contribution >= 4 is 0 Å². The average Bonchev–Trinajstić information content (AvgIpc) is 1.41. The van der Waals surface area contributed by atoms with Gasteiger partial charge in [0.1, 0.15) is 0 Å². The molecule has 0 saturated heterocycles. The molecule has 0 aromatic heterocycles. The van der Waals surface area contributed by atoms with Crippen molar-refractivity contribution < 1.29 is 46.1 Å². The molecule has 0 bridgehead atoms. The van der Waals surface area contributed by atoms with Gasteiger partial charge in [-0.3, -0.25) is 0 Å². The van der Waals surface area contributed by atoms with E-state index in [4.69, 9.17) is 3.80 Å². The molecule has 0 aliphatic carbocycles. The van der Waals surface area contributed by atoms with E-state index >= 15 is 0 Å². The van der Waals surface area contributed by atoms with Crippen LogP contribution in [-0.4, -0.2) is 0 Å². The zero-order valence-corrected chi connectivity index (χ0v) is 4.91. The molecule has 0 spiro atoms. The number of rotatable bonds is 0. The van der Waals surface area contributed by atoms with Crippen molar-refractivity contribution in [3.8, 4) is 0 Å². The summed E-state index contributed by atoms with van der Waals surface area (Å²) in [5.41, 5.74) is 0. The summed E-state index contributed by atoms with van der Waals surface area (Å²) in [6.45, 7) is 0. The molecule has 0 N–H and O–H groups in total. The Morgan fingerprint density at radius 2 is 1.17 bits per heavy atom. The molecule has 0 heterocycles. The van der Waals surface area contributed by atoms with E-state index < -0.39 is 15.5 Å². The molecule has 0 fully saturated rings. The van der Waals surface area contributed by atoms with Gasteiger partial charge >= 0.3 is 46.1 Å². The molecule has 39 valence electrons. The number of hydrogen-bond acceptors (Lipinski definition) is 1. The molecule has 0 aromatic rings. The van der Waals surface area contributed by atoms with Gasteiger partial charge < -0.3 is 0 Å². The van der Waals surface area contributed by atoms with Gasteiger partial charge in [0.15, 0.2) is 0 Å². The van der Waals surface area contributed by atoms with Gasteiger partial charge in [0.2, 0.25) is 0 Å². The van der Waals surface area contributed by atoms with Crippen molar-refractivity contribution in [3.05, 3.63) is 0 Å². The Morgan fingerprint density at radius 1 is 1.17 bits per heavy atom. The summed E-state index contributed by atoms with van der Waals surface area (Å²) in [7, 11) is 0. The van der Waals surface area contributed by atoms with E-state index in [0.29, 0.717) is 0 Å². The van der Waals surface area contributed by atoms with Crippen molar-refractivity contribution in [1.29, 1.82) is 0 Å². The normalized spacial score (nSPS) is 6.67. The van der Waals surface area contributed by atoms with Crippen molar-refractivity contribution in [1.82, 2.24) is 0 Å². The molecular formula is Cr2F3O. The summed E-state index contributed by atoms with van der Waals surface area (Å²) in [6, 6.07) is 0. The molecule has 0 saturated carbocycles. The van der Waals surface area contributed by atoms with Crippen LogP contribution in [0.15, 0.2) is 0 Å². The summed E-state index contributed by atoms with van der Waals surface area (Å²) >= 11 is -3.17. The predicted molar refractivity (Wildman–Crippen MR) is 4.01 cm³/mol. The third kappa shape index (κ3) is 145. The van der Waals surface area contributed by atoms with E-state index in [-0.39, 0.29) is 0 Å². The van der Waals surface area contributed by atoms with Crippen LogP contribution in [0.2, 0.25) is 0 Å². The fourth-order valence-corrected chi connectivity index (χ4v) is 0. The van der Waals surface area contributed by atoms with Gasteiger partial charge in [-0.25, -0.2) is 0 Å². The first-order valence-electron chi connectivity index (χ1n) is 0.630. The quantitative estimate of drug-likeness (QED) is 0.542. The molecule has 0 unspecified atom stereocenters. The van der Waals surface area contributed by atoms with Gasteiger partial charge in [-0.05, 0) is 0 Å². The Bertz CT molecular complexity index is 20.0. The van der Waals surface area contributed by atoms with E-state index in [0.717, 1.165) is 0 Å². The fourth-order valence-electron chi connectivity index (χ4n) is 0. The van der Waals surface area contributed by atoms with Crippen LogP contribution < -0.4 is 0 Å². The van der Waals surface area contributed by atoms with Gasteiger partial charge in [0.25, 0.3) is 0 Å². The molecule has 0 aliphatic heterocycles. The Hall–Kier alpha value is 0.655. The maximum absolute atomic E-state index is 9.79. The predicted octanol–water partition coefficient (Wildman–Crippen LogP) is 1.14. The minimum atomic E-state index is -4.54. The third-order valence-corrected chi connectivity index (χ3v) is 0. The van der Waals surface area contributed by atoms with E-state index in [1.165, 1.54) is 16.2 Å². The van der Waals surface area contributed by atoms with Crippen molar-refractivity contribution in [3.63, 3.8) is 0 Å². The van der Waals surface area contributed by atoms with Crippen LogP contribution in [0.1, 0.15) is 0 Å². The second-order valence-electron chi connectivity index (χ2n) is 0.175. The van der Waals surface area contributed by atoms with Crippen LogP contribution in [-0.2, 0) is 35.6 Å². The average molecular weight is 177 g/mol. The van der Waals surface area contributed by atoms with E-state index in [1.807, 2.05) is 0 Å². The van der Waals surface area contributed by atoms with E-state index in [9.17, 15) is 10.6 Å². The van der Waals surface area contributed by atoms with Gasteiger partial charge in [0.05, 0.1) is 0 Å². The summed E-state index contributed by atoms with van der Waals surface area (Å²) < 4.78 is 37.5. The Kier molecular flexibility index (Phi) is 15.0. The van der Waals surface area contributed by atoms with Crippen LogP contribution in [0.25, 0.3) is 0 Å². The molecule has 1 nitrogen and oxygen atoms in total. The molecule has 6 heteroatoms. The molecular weight excluding hydrogens is 177 g/mol. The maximum atomic E-state index is 9.79. The number of halogens is 3. The Morgan fingerprint density at radius 3 is 1.17 bits per heavy atom.